The Labute approximate surface area is 161 Å². The van der Waals surface area contributed by atoms with Crippen molar-refractivity contribution in [2.45, 2.75) is 31.2 Å². The molecule has 0 bridgehead atoms. The fourth-order valence-electron chi connectivity index (χ4n) is 3.03. The standard InChI is InChI=1S/C19H20BrNO4S/c1-3-17(22)16-11-25-18-9-6-13(20)10-15(18)19(16)21-26(23,24)14-7-4-12(2)5-8-14/h4-10,16,19,21H,3,11H2,1-2H3. The van der Waals surface area contributed by atoms with Gasteiger partial charge in [0.15, 0.2) is 0 Å². The zero-order valence-corrected chi connectivity index (χ0v) is 16.9. The van der Waals surface area contributed by atoms with Crippen LogP contribution in [0.1, 0.15) is 30.5 Å². The minimum absolute atomic E-state index is 0.0350. The molecule has 0 fully saturated rings. The molecule has 0 spiro atoms. The molecule has 2 aromatic rings. The third-order valence-corrected chi connectivity index (χ3v) is 6.45. The lowest BCUT2D eigenvalue weighted by molar-refractivity contribution is -0.124. The molecule has 7 heteroatoms. The van der Waals surface area contributed by atoms with Crippen molar-refractivity contribution < 1.29 is 17.9 Å². The highest BCUT2D eigenvalue weighted by molar-refractivity contribution is 9.10. The van der Waals surface area contributed by atoms with Crippen LogP contribution in [0.5, 0.6) is 5.75 Å². The van der Waals surface area contributed by atoms with Crippen LogP contribution in [0, 0.1) is 12.8 Å². The molecule has 1 N–H and O–H groups in total. The molecule has 0 saturated carbocycles. The molecule has 2 atom stereocenters. The Morgan fingerprint density at radius 3 is 2.58 bits per heavy atom. The van der Waals surface area contributed by atoms with E-state index in [0.717, 1.165) is 10.0 Å². The quantitative estimate of drug-likeness (QED) is 0.772. The molecule has 2 aromatic carbocycles. The summed E-state index contributed by atoms with van der Waals surface area (Å²) in [5.41, 5.74) is 1.64. The van der Waals surface area contributed by atoms with Gasteiger partial charge in [0.1, 0.15) is 11.5 Å². The normalized spacial score (nSPS) is 19.5. The fraction of sp³-hybridized carbons (Fsp3) is 0.316. The van der Waals surface area contributed by atoms with Crippen molar-refractivity contribution in [2.24, 2.45) is 5.92 Å². The van der Waals surface area contributed by atoms with E-state index in [1.807, 2.05) is 13.0 Å². The number of rotatable bonds is 5. The van der Waals surface area contributed by atoms with Crippen LogP contribution in [0.25, 0.3) is 0 Å². The number of sulfonamides is 1. The van der Waals surface area contributed by atoms with E-state index in [1.54, 1.807) is 43.3 Å². The summed E-state index contributed by atoms with van der Waals surface area (Å²) in [6, 6.07) is 11.4. The smallest absolute Gasteiger partial charge is 0.241 e. The number of ether oxygens (including phenoxy) is 1. The van der Waals surface area contributed by atoms with Gasteiger partial charge in [0.25, 0.3) is 0 Å². The zero-order chi connectivity index (χ0) is 18.9. The maximum Gasteiger partial charge on any atom is 0.241 e. The number of ketones is 1. The molecule has 0 amide bonds. The first kappa shape index (κ1) is 19.1. The third-order valence-electron chi connectivity index (χ3n) is 4.50. The Hall–Kier alpha value is -1.70. The maximum atomic E-state index is 12.9. The number of hydrogen-bond donors (Lipinski definition) is 1. The SMILES string of the molecule is CCC(=O)C1COc2ccc(Br)cc2C1NS(=O)(=O)c1ccc(C)cc1. The summed E-state index contributed by atoms with van der Waals surface area (Å²) in [5.74, 6) is -0.0146. The van der Waals surface area contributed by atoms with Crippen molar-refractivity contribution in [1.82, 2.24) is 4.72 Å². The lowest BCUT2D eigenvalue weighted by atomic mass is 9.87. The van der Waals surface area contributed by atoms with Crippen LogP contribution in [0.4, 0.5) is 0 Å². The van der Waals surface area contributed by atoms with Crippen molar-refractivity contribution in [3.8, 4) is 5.75 Å². The van der Waals surface area contributed by atoms with Crippen molar-refractivity contribution >= 4 is 31.7 Å². The monoisotopic (exact) mass is 437 g/mol. The summed E-state index contributed by atoms with van der Waals surface area (Å²) in [4.78, 5) is 12.6. The fourth-order valence-corrected chi connectivity index (χ4v) is 4.66. The summed E-state index contributed by atoms with van der Waals surface area (Å²) < 4.78 is 35.0. The minimum Gasteiger partial charge on any atom is -0.492 e. The molecule has 1 aliphatic heterocycles. The highest BCUT2D eigenvalue weighted by atomic mass is 79.9. The second kappa shape index (κ2) is 7.50. The number of aryl methyl sites for hydroxylation is 1. The van der Waals surface area contributed by atoms with E-state index >= 15 is 0 Å². The number of Topliss-reactive ketones (excluding diaryl/α,β-unsaturated/α-hetero) is 1. The van der Waals surface area contributed by atoms with Crippen molar-refractivity contribution in [3.63, 3.8) is 0 Å². The Bertz CT molecular complexity index is 925. The van der Waals surface area contributed by atoms with Gasteiger partial charge >= 0.3 is 0 Å². The van der Waals surface area contributed by atoms with Gasteiger partial charge < -0.3 is 4.74 Å². The minimum atomic E-state index is -3.78. The van der Waals surface area contributed by atoms with Crippen LogP contribution in [-0.4, -0.2) is 20.8 Å². The predicted octanol–water partition coefficient (Wildman–Crippen LogP) is 3.76. The molecule has 1 aliphatic rings. The van der Waals surface area contributed by atoms with Crippen LogP contribution in [0.3, 0.4) is 0 Å². The van der Waals surface area contributed by atoms with Gasteiger partial charge in [-0.15, -0.1) is 0 Å². The van der Waals surface area contributed by atoms with Gasteiger partial charge in [0.05, 0.1) is 23.5 Å². The summed E-state index contributed by atoms with van der Waals surface area (Å²) in [6.45, 7) is 3.82. The van der Waals surface area contributed by atoms with Gasteiger partial charge in [-0.3, -0.25) is 4.79 Å². The van der Waals surface area contributed by atoms with E-state index in [-0.39, 0.29) is 17.3 Å². The topological polar surface area (TPSA) is 72.5 Å². The van der Waals surface area contributed by atoms with Crippen molar-refractivity contribution in [2.75, 3.05) is 6.61 Å². The molecule has 1 heterocycles. The second-order valence-corrected chi connectivity index (χ2v) is 8.96. The number of benzene rings is 2. The molecule has 2 unspecified atom stereocenters. The first-order valence-corrected chi connectivity index (χ1v) is 10.6. The van der Waals surface area contributed by atoms with Gasteiger partial charge in [0.2, 0.25) is 10.0 Å². The van der Waals surface area contributed by atoms with Gasteiger partial charge in [-0.1, -0.05) is 40.5 Å². The Kier molecular flexibility index (Phi) is 5.50. The zero-order valence-electron chi connectivity index (χ0n) is 14.5. The van der Waals surface area contributed by atoms with E-state index in [1.165, 1.54) is 0 Å². The summed E-state index contributed by atoms with van der Waals surface area (Å²) >= 11 is 3.41. The number of carbonyl (C=O) groups is 1. The first-order valence-electron chi connectivity index (χ1n) is 8.36. The van der Waals surface area contributed by atoms with E-state index in [0.29, 0.717) is 17.7 Å². The molecule has 5 nitrogen and oxygen atoms in total. The van der Waals surface area contributed by atoms with E-state index in [4.69, 9.17) is 4.74 Å². The highest BCUT2D eigenvalue weighted by Gasteiger charge is 2.37. The summed E-state index contributed by atoms with van der Waals surface area (Å²) in [6.07, 6.45) is 0.320. The Morgan fingerprint density at radius 1 is 1.23 bits per heavy atom. The van der Waals surface area contributed by atoms with Crippen LogP contribution in [0.2, 0.25) is 0 Å². The molecule has 3 rings (SSSR count). The number of nitrogens with one attached hydrogen (secondary N) is 1. The largest absolute Gasteiger partial charge is 0.492 e. The average molecular weight is 438 g/mol. The van der Waals surface area contributed by atoms with E-state index in [2.05, 4.69) is 20.7 Å². The Morgan fingerprint density at radius 2 is 1.92 bits per heavy atom. The summed E-state index contributed by atoms with van der Waals surface area (Å²) in [5, 5.41) is 0. The van der Waals surface area contributed by atoms with E-state index in [9.17, 15) is 13.2 Å². The number of fused-ring (bicyclic) bond motifs is 1. The van der Waals surface area contributed by atoms with Gasteiger partial charge in [0, 0.05) is 16.5 Å². The lowest BCUT2D eigenvalue weighted by Crippen LogP contribution is -2.42. The van der Waals surface area contributed by atoms with Gasteiger partial charge in [-0.25, -0.2) is 13.1 Å². The van der Waals surface area contributed by atoms with Crippen LogP contribution >= 0.6 is 15.9 Å². The number of carbonyl (C=O) groups excluding carboxylic acids is 1. The van der Waals surface area contributed by atoms with Gasteiger partial charge in [-0.2, -0.15) is 0 Å². The molecular weight excluding hydrogens is 418 g/mol. The van der Waals surface area contributed by atoms with Crippen LogP contribution in [0.15, 0.2) is 51.8 Å². The molecule has 0 aromatic heterocycles. The number of halogens is 1. The lowest BCUT2D eigenvalue weighted by Gasteiger charge is -2.33. The molecule has 26 heavy (non-hydrogen) atoms. The molecule has 0 aliphatic carbocycles. The van der Waals surface area contributed by atoms with Crippen molar-refractivity contribution in [3.05, 3.63) is 58.1 Å². The molecule has 0 radical (unpaired) electrons. The van der Waals surface area contributed by atoms with Gasteiger partial charge in [-0.05, 0) is 37.3 Å². The molecular formula is C19H20BrNO4S. The maximum absolute atomic E-state index is 12.9. The highest BCUT2D eigenvalue weighted by Crippen LogP contribution is 2.38. The molecule has 0 saturated heterocycles. The third kappa shape index (κ3) is 3.84. The molecule has 138 valence electrons. The second-order valence-electron chi connectivity index (χ2n) is 6.33. The first-order chi connectivity index (χ1) is 12.3. The number of hydrogen-bond acceptors (Lipinski definition) is 4. The average Bonchev–Trinajstić information content (AvgIpc) is 2.61. The van der Waals surface area contributed by atoms with E-state index < -0.39 is 22.0 Å². The summed E-state index contributed by atoms with van der Waals surface area (Å²) in [7, 11) is -3.78. The van der Waals surface area contributed by atoms with Crippen LogP contribution in [-0.2, 0) is 14.8 Å². The predicted molar refractivity (Wildman–Crippen MR) is 103 cm³/mol. The van der Waals surface area contributed by atoms with Crippen LogP contribution < -0.4 is 9.46 Å². The van der Waals surface area contributed by atoms with Crippen molar-refractivity contribution in [1.29, 1.82) is 0 Å². The Balaban J connectivity index is 2.02.